The van der Waals surface area contributed by atoms with Gasteiger partial charge < -0.3 is 20.6 Å². The average Bonchev–Trinajstić information content (AvgIpc) is 3.22. The maximum atomic E-state index is 12.9. The fourth-order valence-electron chi connectivity index (χ4n) is 2.87. The highest BCUT2D eigenvalue weighted by atomic mass is 32.2. The third-order valence-corrected chi connectivity index (χ3v) is 6.30. The normalized spacial score (nSPS) is 20.3. The van der Waals surface area contributed by atoms with Crippen molar-refractivity contribution in [2.24, 2.45) is 5.16 Å². The summed E-state index contributed by atoms with van der Waals surface area (Å²) in [5.41, 5.74) is 0.229. The second-order valence-corrected chi connectivity index (χ2v) is 8.03. The lowest BCUT2D eigenvalue weighted by atomic mass is 10.0. The van der Waals surface area contributed by atoms with Crippen LogP contribution in [0.3, 0.4) is 0 Å². The van der Waals surface area contributed by atoms with Crippen molar-refractivity contribution in [3.05, 3.63) is 47.7 Å². The summed E-state index contributed by atoms with van der Waals surface area (Å²) in [5, 5.41) is 19.4. The number of rotatable bonds is 10. The van der Waals surface area contributed by atoms with Crippen molar-refractivity contribution in [2.45, 2.75) is 11.4 Å². The summed E-state index contributed by atoms with van der Waals surface area (Å²) in [4.78, 5) is 57.9. The Morgan fingerprint density at radius 1 is 1.45 bits per heavy atom. The van der Waals surface area contributed by atoms with Gasteiger partial charge in [0.25, 0.3) is 11.8 Å². The molecule has 0 bridgehead atoms. The van der Waals surface area contributed by atoms with E-state index in [1.807, 2.05) is 0 Å². The van der Waals surface area contributed by atoms with Crippen molar-refractivity contribution in [1.29, 1.82) is 0 Å². The van der Waals surface area contributed by atoms with Crippen molar-refractivity contribution >= 4 is 58.1 Å². The van der Waals surface area contributed by atoms with Crippen molar-refractivity contribution in [3.63, 3.8) is 0 Å². The zero-order valence-corrected chi connectivity index (χ0v) is 17.6. The van der Waals surface area contributed by atoms with Crippen molar-refractivity contribution in [3.8, 4) is 0 Å². The molecule has 3 N–H and O–H groups in total. The molecule has 162 valence electrons. The number of aromatic nitrogens is 1. The Balaban J connectivity index is 1.80. The molecule has 3 rings (SSSR count). The van der Waals surface area contributed by atoms with E-state index in [2.05, 4.69) is 33.9 Å². The molecule has 1 fully saturated rings. The first kappa shape index (κ1) is 22.2. The predicted molar refractivity (Wildman–Crippen MR) is 114 cm³/mol. The summed E-state index contributed by atoms with van der Waals surface area (Å²) >= 11 is 2.38. The van der Waals surface area contributed by atoms with Gasteiger partial charge in [0.2, 0.25) is 6.41 Å². The van der Waals surface area contributed by atoms with E-state index in [0.29, 0.717) is 17.7 Å². The van der Waals surface area contributed by atoms with E-state index in [0.717, 1.165) is 16.2 Å². The number of thioether (sulfide) groups is 1. The minimum absolute atomic E-state index is 0.0338. The molecule has 3 amide bonds. The molecule has 31 heavy (non-hydrogen) atoms. The van der Waals surface area contributed by atoms with E-state index in [1.54, 1.807) is 0 Å². The molecule has 11 nitrogen and oxygen atoms in total. The number of carboxylic acids is 1. The van der Waals surface area contributed by atoms with E-state index in [9.17, 15) is 24.3 Å². The van der Waals surface area contributed by atoms with Crippen LogP contribution in [0.5, 0.6) is 0 Å². The van der Waals surface area contributed by atoms with Crippen LogP contribution in [-0.4, -0.2) is 68.7 Å². The first-order valence-corrected chi connectivity index (χ1v) is 10.7. The number of aliphatic carboxylic acids is 1. The minimum atomic E-state index is -1.24. The SMILES string of the molecule is C=CCON=C(C(=O)NC1C(=O)N2C(C(=O)O)=C(C=C)CS[C@H]12)c1csc(NC=O)n1. The summed E-state index contributed by atoms with van der Waals surface area (Å²) in [6, 6.07) is -0.950. The highest BCUT2D eigenvalue weighted by molar-refractivity contribution is 8.00. The third kappa shape index (κ3) is 4.36. The third-order valence-electron chi connectivity index (χ3n) is 4.23. The van der Waals surface area contributed by atoms with Gasteiger partial charge in [-0.25, -0.2) is 9.78 Å². The van der Waals surface area contributed by atoms with Crippen LogP contribution in [0.1, 0.15) is 5.69 Å². The number of nitrogens with zero attached hydrogens (tertiary/aromatic N) is 3. The van der Waals surface area contributed by atoms with E-state index in [1.165, 1.54) is 29.3 Å². The predicted octanol–water partition coefficient (Wildman–Crippen LogP) is 0.543. The van der Waals surface area contributed by atoms with Gasteiger partial charge in [0.1, 0.15) is 29.4 Å². The molecule has 0 saturated carbocycles. The molecule has 1 unspecified atom stereocenters. The van der Waals surface area contributed by atoms with Crippen molar-refractivity contribution < 1.29 is 29.1 Å². The number of allylic oxidation sites excluding steroid dienone is 1. The largest absolute Gasteiger partial charge is 0.477 e. The Hall–Kier alpha value is -3.45. The highest BCUT2D eigenvalue weighted by Crippen LogP contribution is 2.40. The van der Waals surface area contributed by atoms with Crippen LogP contribution in [0.25, 0.3) is 0 Å². The number of thiazole rings is 1. The maximum Gasteiger partial charge on any atom is 0.352 e. The van der Waals surface area contributed by atoms with Crippen LogP contribution in [0.2, 0.25) is 0 Å². The van der Waals surface area contributed by atoms with Crippen LogP contribution >= 0.6 is 23.1 Å². The maximum absolute atomic E-state index is 12.9. The second kappa shape index (κ2) is 9.57. The zero-order valence-electron chi connectivity index (χ0n) is 15.9. The summed E-state index contributed by atoms with van der Waals surface area (Å²) in [6.45, 7) is 7.12. The molecule has 13 heteroatoms. The number of β-lactam (4-membered cyclic amide) rings is 1. The summed E-state index contributed by atoms with van der Waals surface area (Å²) in [6.07, 6.45) is 3.28. The zero-order chi connectivity index (χ0) is 22.5. The molecule has 0 aliphatic carbocycles. The monoisotopic (exact) mass is 463 g/mol. The molecule has 2 aliphatic rings. The Kier molecular flexibility index (Phi) is 6.87. The Labute approximate surface area is 184 Å². The lowest BCUT2D eigenvalue weighted by Gasteiger charge is -2.49. The van der Waals surface area contributed by atoms with Gasteiger partial charge in [0.05, 0.1) is 0 Å². The molecule has 0 radical (unpaired) electrons. The lowest BCUT2D eigenvalue weighted by molar-refractivity contribution is -0.150. The first-order chi connectivity index (χ1) is 14.9. The number of hydrogen-bond acceptors (Lipinski definition) is 9. The van der Waals surface area contributed by atoms with Crippen molar-refractivity contribution in [2.75, 3.05) is 17.7 Å². The van der Waals surface area contributed by atoms with E-state index in [-0.39, 0.29) is 28.8 Å². The molecule has 0 spiro atoms. The number of carboxylic acid groups (broad SMARTS) is 1. The number of anilines is 1. The highest BCUT2D eigenvalue weighted by Gasteiger charge is 2.54. The fraction of sp³-hybridized carbons (Fsp3) is 0.222. The van der Waals surface area contributed by atoms with Gasteiger partial charge in [-0.15, -0.1) is 23.1 Å². The molecule has 1 aromatic rings. The topological polar surface area (TPSA) is 150 Å². The Bertz CT molecular complexity index is 1020. The van der Waals surface area contributed by atoms with E-state index in [4.69, 9.17) is 4.84 Å². The smallest absolute Gasteiger partial charge is 0.352 e. The average molecular weight is 463 g/mol. The summed E-state index contributed by atoms with van der Waals surface area (Å²) < 4.78 is 0. The van der Waals surface area contributed by atoms with Gasteiger partial charge in [-0.05, 0) is 5.57 Å². The van der Waals surface area contributed by atoms with Crippen LogP contribution in [0, 0.1) is 0 Å². The van der Waals surface area contributed by atoms with Crippen molar-refractivity contribution in [1.82, 2.24) is 15.2 Å². The molecule has 2 aliphatic heterocycles. The van der Waals surface area contributed by atoms with Crippen LogP contribution in [0.4, 0.5) is 5.13 Å². The second-order valence-electron chi connectivity index (χ2n) is 6.07. The quantitative estimate of drug-likeness (QED) is 0.114. The molecular weight excluding hydrogens is 446 g/mol. The molecular formula is C18H17N5O6S2. The first-order valence-electron chi connectivity index (χ1n) is 8.74. The number of amides is 3. The Morgan fingerprint density at radius 2 is 2.23 bits per heavy atom. The number of oxime groups is 1. The Morgan fingerprint density at radius 3 is 2.87 bits per heavy atom. The number of nitrogens with one attached hydrogen (secondary N) is 2. The van der Waals surface area contributed by atoms with E-state index >= 15 is 0 Å². The molecule has 3 heterocycles. The van der Waals surface area contributed by atoms with Crippen LogP contribution in [0.15, 0.2) is 47.1 Å². The number of carbonyl (C=O) groups excluding carboxylic acids is 3. The molecule has 1 aromatic heterocycles. The standard InChI is InChI=1S/C18H17N5O6S2/c1-3-5-29-22-11(10-7-31-18(20-10)19-8-24)14(25)21-12-15(26)23-13(17(27)28)9(4-2)6-30-16(12)23/h3-4,7-8,12,16H,1-2,5-6H2,(H,21,25)(H,27,28)(H,19,20,24)/t12?,16-/m1/s1. The van der Waals surface area contributed by atoms with Gasteiger partial charge in [-0.3, -0.25) is 19.3 Å². The van der Waals surface area contributed by atoms with Gasteiger partial charge in [0, 0.05) is 11.1 Å². The number of hydrogen-bond donors (Lipinski definition) is 3. The molecule has 0 aromatic carbocycles. The summed E-state index contributed by atoms with van der Waals surface area (Å²) in [7, 11) is 0. The molecule has 2 atom stereocenters. The minimum Gasteiger partial charge on any atom is -0.477 e. The summed E-state index contributed by atoms with van der Waals surface area (Å²) in [5.74, 6) is -2.20. The lowest BCUT2D eigenvalue weighted by Crippen LogP contribution is -2.71. The van der Waals surface area contributed by atoms with Gasteiger partial charge in [-0.1, -0.05) is 30.5 Å². The van der Waals surface area contributed by atoms with Gasteiger partial charge in [-0.2, -0.15) is 0 Å². The van der Waals surface area contributed by atoms with E-state index < -0.39 is 29.2 Å². The van der Waals surface area contributed by atoms with Crippen LogP contribution < -0.4 is 10.6 Å². The van der Waals surface area contributed by atoms with Gasteiger partial charge >= 0.3 is 5.97 Å². The molecule has 1 saturated heterocycles. The van der Waals surface area contributed by atoms with Crippen LogP contribution in [-0.2, 0) is 24.0 Å². The fourth-order valence-corrected chi connectivity index (χ4v) is 4.86. The number of carbonyl (C=O) groups is 4. The van der Waals surface area contributed by atoms with Gasteiger partial charge in [0.15, 0.2) is 10.8 Å². The number of fused-ring (bicyclic) bond motifs is 1.